The van der Waals surface area contributed by atoms with Crippen LogP contribution in [0.25, 0.3) is 0 Å². The van der Waals surface area contributed by atoms with Crippen molar-refractivity contribution in [3.8, 4) is 0 Å². The van der Waals surface area contributed by atoms with Crippen molar-refractivity contribution < 1.29 is 19.1 Å². The standard InChI is InChI=1S/C11H10O4.ClH/c1-6(12)7-3-4-8-9(5-7)10(13)15-11(8)14-2;/h3-5,11H,1-2H3;1H. The highest BCUT2D eigenvalue weighted by atomic mass is 35.5. The van der Waals surface area contributed by atoms with Gasteiger partial charge in [-0.25, -0.2) is 4.79 Å². The quantitative estimate of drug-likeness (QED) is 0.589. The Morgan fingerprint density at radius 3 is 2.69 bits per heavy atom. The Morgan fingerprint density at radius 2 is 2.12 bits per heavy atom. The number of methoxy groups -OCH3 is 1. The Kier molecular flexibility index (Phi) is 3.67. The van der Waals surface area contributed by atoms with Crippen molar-refractivity contribution in [3.63, 3.8) is 0 Å². The summed E-state index contributed by atoms with van der Waals surface area (Å²) >= 11 is 0. The van der Waals surface area contributed by atoms with Crippen LogP contribution >= 0.6 is 12.4 Å². The molecule has 0 spiro atoms. The Balaban J connectivity index is 0.00000128. The van der Waals surface area contributed by atoms with Gasteiger partial charge in [0.2, 0.25) is 6.29 Å². The zero-order valence-corrected chi connectivity index (χ0v) is 9.67. The van der Waals surface area contributed by atoms with Crippen LogP contribution in [0.3, 0.4) is 0 Å². The summed E-state index contributed by atoms with van der Waals surface area (Å²) < 4.78 is 9.92. The third-order valence-corrected chi connectivity index (χ3v) is 2.36. The van der Waals surface area contributed by atoms with E-state index in [1.165, 1.54) is 14.0 Å². The summed E-state index contributed by atoms with van der Waals surface area (Å²) in [5.74, 6) is -0.522. The van der Waals surface area contributed by atoms with Crippen molar-refractivity contribution in [2.45, 2.75) is 13.2 Å². The van der Waals surface area contributed by atoms with E-state index in [-0.39, 0.29) is 18.2 Å². The average Bonchev–Trinajstić information content (AvgIpc) is 2.55. The van der Waals surface area contributed by atoms with Crippen molar-refractivity contribution in [2.75, 3.05) is 7.11 Å². The largest absolute Gasteiger partial charge is 0.428 e. The van der Waals surface area contributed by atoms with Gasteiger partial charge in [-0.05, 0) is 13.0 Å². The fourth-order valence-corrected chi connectivity index (χ4v) is 1.56. The Labute approximate surface area is 99.0 Å². The number of rotatable bonds is 2. The van der Waals surface area contributed by atoms with Crippen LogP contribution < -0.4 is 0 Å². The summed E-state index contributed by atoms with van der Waals surface area (Å²) in [5, 5.41) is 0. The third kappa shape index (κ3) is 1.94. The number of carbonyl (C=O) groups is 2. The molecule has 0 saturated carbocycles. The second-order valence-corrected chi connectivity index (χ2v) is 3.33. The number of carbonyl (C=O) groups excluding carboxylic acids is 2. The molecule has 2 rings (SSSR count). The van der Waals surface area contributed by atoms with E-state index in [9.17, 15) is 9.59 Å². The first kappa shape index (κ1) is 12.7. The molecule has 1 aliphatic heterocycles. The maximum Gasteiger partial charge on any atom is 0.341 e. The molecule has 0 bridgehead atoms. The lowest BCUT2D eigenvalue weighted by Crippen LogP contribution is -1.99. The lowest BCUT2D eigenvalue weighted by molar-refractivity contribution is -0.0815. The van der Waals surface area contributed by atoms with Gasteiger partial charge in [0.25, 0.3) is 0 Å². The molecule has 0 amide bonds. The summed E-state index contributed by atoms with van der Waals surface area (Å²) in [6.45, 7) is 1.45. The van der Waals surface area contributed by atoms with E-state index < -0.39 is 12.3 Å². The molecule has 1 unspecified atom stereocenters. The predicted molar refractivity (Wildman–Crippen MR) is 58.9 cm³/mol. The monoisotopic (exact) mass is 242 g/mol. The van der Waals surface area contributed by atoms with Crippen LogP contribution in [-0.2, 0) is 9.47 Å². The minimum atomic E-state index is -0.645. The van der Waals surface area contributed by atoms with E-state index in [0.29, 0.717) is 16.7 Å². The van der Waals surface area contributed by atoms with Crippen LogP contribution in [-0.4, -0.2) is 18.9 Å². The normalized spacial score (nSPS) is 17.4. The van der Waals surface area contributed by atoms with Crippen LogP contribution in [0.15, 0.2) is 18.2 Å². The van der Waals surface area contributed by atoms with Crippen molar-refractivity contribution in [3.05, 3.63) is 34.9 Å². The molecule has 1 aliphatic rings. The second kappa shape index (κ2) is 4.63. The third-order valence-electron chi connectivity index (χ3n) is 2.36. The van der Waals surface area contributed by atoms with Gasteiger partial charge in [-0.15, -0.1) is 12.4 Å². The van der Waals surface area contributed by atoms with E-state index in [1.54, 1.807) is 18.2 Å². The molecule has 0 radical (unpaired) electrons. The molecule has 0 saturated heterocycles. The van der Waals surface area contributed by atoms with Crippen molar-refractivity contribution in [1.29, 1.82) is 0 Å². The molecule has 5 heteroatoms. The van der Waals surface area contributed by atoms with Crippen molar-refractivity contribution in [2.24, 2.45) is 0 Å². The Bertz CT molecular complexity index is 442. The number of hydrogen-bond donors (Lipinski definition) is 0. The van der Waals surface area contributed by atoms with E-state index in [2.05, 4.69) is 0 Å². The fourth-order valence-electron chi connectivity index (χ4n) is 1.56. The summed E-state index contributed by atoms with van der Waals surface area (Å²) in [6.07, 6.45) is -0.645. The topological polar surface area (TPSA) is 52.6 Å². The van der Waals surface area contributed by atoms with Crippen LogP contribution in [0.5, 0.6) is 0 Å². The highest BCUT2D eigenvalue weighted by Gasteiger charge is 2.31. The van der Waals surface area contributed by atoms with Crippen LogP contribution in [0.1, 0.15) is 39.5 Å². The number of esters is 1. The molecule has 1 heterocycles. The van der Waals surface area contributed by atoms with Crippen LogP contribution in [0, 0.1) is 0 Å². The van der Waals surface area contributed by atoms with E-state index in [0.717, 1.165) is 0 Å². The lowest BCUT2D eigenvalue weighted by atomic mass is 10.0. The predicted octanol–water partition coefficient (Wildman–Crippen LogP) is 2.13. The first-order valence-electron chi connectivity index (χ1n) is 4.52. The molecular formula is C11H11ClO4. The Hall–Kier alpha value is -1.39. The first-order chi connectivity index (χ1) is 7.13. The molecule has 0 fully saturated rings. The SMILES string of the molecule is COC1OC(=O)c2cc(C(C)=O)ccc21.Cl. The van der Waals surface area contributed by atoms with Gasteiger partial charge >= 0.3 is 5.97 Å². The number of cyclic esters (lactones) is 1. The van der Waals surface area contributed by atoms with Gasteiger partial charge in [0.15, 0.2) is 5.78 Å². The molecule has 0 N–H and O–H groups in total. The van der Waals surface area contributed by atoms with Gasteiger partial charge in [0.1, 0.15) is 0 Å². The molecule has 1 aromatic rings. The summed E-state index contributed by atoms with van der Waals surface area (Å²) in [7, 11) is 1.46. The highest BCUT2D eigenvalue weighted by Crippen LogP contribution is 2.31. The molecule has 0 aromatic heterocycles. The van der Waals surface area contributed by atoms with Gasteiger partial charge in [-0.3, -0.25) is 4.79 Å². The molecule has 0 aliphatic carbocycles. The van der Waals surface area contributed by atoms with Gasteiger partial charge in [0.05, 0.1) is 5.56 Å². The van der Waals surface area contributed by atoms with Crippen molar-refractivity contribution in [1.82, 2.24) is 0 Å². The van der Waals surface area contributed by atoms with E-state index >= 15 is 0 Å². The number of ketones is 1. The summed E-state index contributed by atoms with van der Waals surface area (Å²) in [6, 6.07) is 4.89. The number of benzene rings is 1. The zero-order valence-electron chi connectivity index (χ0n) is 8.85. The van der Waals surface area contributed by atoms with Crippen LogP contribution in [0.2, 0.25) is 0 Å². The number of Topliss-reactive ketones (excluding diaryl/α,β-unsaturated/α-hetero) is 1. The van der Waals surface area contributed by atoms with Crippen LogP contribution in [0.4, 0.5) is 0 Å². The first-order valence-corrected chi connectivity index (χ1v) is 4.52. The Morgan fingerprint density at radius 1 is 1.44 bits per heavy atom. The minimum Gasteiger partial charge on any atom is -0.428 e. The zero-order chi connectivity index (χ0) is 11.0. The second-order valence-electron chi connectivity index (χ2n) is 3.33. The molecular weight excluding hydrogens is 232 g/mol. The minimum absolute atomic E-state index is 0. The summed E-state index contributed by atoms with van der Waals surface area (Å²) in [4.78, 5) is 22.5. The van der Waals surface area contributed by atoms with Crippen molar-refractivity contribution >= 4 is 24.2 Å². The maximum absolute atomic E-state index is 11.4. The molecule has 1 aromatic carbocycles. The van der Waals surface area contributed by atoms with Gasteiger partial charge in [-0.2, -0.15) is 0 Å². The molecule has 16 heavy (non-hydrogen) atoms. The van der Waals surface area contributed by atoms with Gasteiger partial charge < -0.3 is 9.47 Å². The molecule has 86 valence electrons. The maximum atomic E-state index is 11.4. The van der Waals surface area contributed by atoms with E-state index in [1.807, 2.05) is 0 Å². The molecule has 4 nitrogen and oxygen atoms in total. The highest BCUT2D eigenvalue weighted by molar-refractivity contribution is 5.99. The smallest absolute Gasteiger partial charge is 0.341 e. The van der Waals surface area contributed by atoms with Gasteiger partial charge in [0, 0.05) is 18.2 Å². The van der Waals surface area contributed by atoms with Gasteiger partial charge in [-0.1, -0.05) is 12.1 Å². The number of hydrogen-bond acceptors (Lipinski definition) is 4. The average molecular weight is 243 g/mol. The summed E-state index contributed by atoms with van der Waals surface area (Å²) in [5.41, 5.74) is 1.59. The lowest BCUT2D eigenvalue weighted by Gasteiger charge is -2.06. The number of halogens is 1. The van der Waals surface area contributed by atoms with E-state index in [4.69, 9.17) is 9.47 Å². The number of fused-ring (bicyclic) bond motifs is 1. The molecule has 1 atom stereocenters. The number of ether oxygens (including phenoxy) is 2. The fraction of sp³-hybridized carbons (Fsp3) is 0.273.